The number of piperazine rings is 1. The first-order valence-corrected chi connectivity index (χ1v) is 19.8. The summed E-state index contributed by atoms with van der Waals surface area (Å²) in [4.78, 5) is 26.2. The number of methoxy groups -OCH3 is 1. The molecule has 2 aromatic carbocycles. The number of ether oxygens (including phenoxy) is 1. The zero-order valence-electron chi connectivity index (χ0n) is 30.6. The van der Waals surface area contributed by atoms with Crippen molar-refractivity contribution in [2.75, 3.05) is 86.6 Å². The molecule has 14 heteroatoms. The highest BCUT2D eigenvalue weighted by atomic mass is 32.2. The minimum Gasteiger partial charge on any atom is -0.494 e. The zero-order chi connectivity index (χ0) is 35.9. The summed E-state index contributed by atoms with van der Waals surface area (Å²) in [5.74, 6) is 2.38. The SMILES string of the molecule is COc1cc(N2CCC(N3CCN(C)CC3)CC2)c(C(C)C)cc1Nc1ncc(C2CC2)c(Nc2ccc3nccnc3c2N(C)S(C)(=O)=O)n1. The van der Waals surface area contributed by atoms with E-state index in [2.05, 4.69) is 68.3 Å². The number of benzene rings is 2. The molecule has 2 aliphatic heterocycles. The molecular formula is C37H50N10O3S. The summed E-state index contributed by atoms with van der Waals surface area (Å²) in [6.07, 6.45) is 10.6. The molecule has 51 heavy (non-hydrogen) atoms. The second kappa shape index (κ2) is 14.4. The van der Waals surface area contributed by atoms with Gasteiger partial charge in [-0.15, -0.1) is 0 Å². The predicted octanol–water partition coefficient (Wildman–Crippen LogP) is 5.53. The fourth-order valence-electron chi connectivity index (χ4n) is 7.35. The summed E-state index contributed by atoms with van der Waals surface area (Å²) in [6.45, 7) is 11.1. The number of anilines is 6. The maximum atomic E-state index is 12.8. The highest BCUT2D eigenvalue weighted by Gasteiger charge is 2.31. The summed E-state index contributed by atoms with van der Waals surface area (Å²) >= 11 is 0. The maximum Gasteiger partial charge on any atom is 0.232 e. The summed E-state index contributed by atoms with van der Waals surface area (Å²) in [7, 11) is 1.83. The van der Waals surface area contributed by atoms with Gasteiger partial charge in [-0.25, -0.2) is 13.4 Å². The Bertz CT molecular complexity index is 1990. The third-order valence-corrected chi connectivity index (χ3v) is 11.8. The van der Waals surface area contributed by atoms with Gasteiger partial charge in [0.25, 0.3) is 0 Å². The Morgan fingerprint density at radius 3 is 2.31 bits per heavy atom. The maximum absolute atomic E-state index is 12.8. The molecule has 1 saturated carbocycles. The van der Waals surface area contributed by atoms with E-state index in [1.807, 2.05) is 18.3 Å². The molecule has 2 N–H and O–H groups in total. The molecule has 0 radical (unpaired) electrons. The van der Waals surface area contributed by atoms with E-state index < -0.39 is 10.0 Å². The van der Waals surface area contributed by atoms with Crippen molar-refractivity contribution in [2.24, 2.45) is 0 Å². The van der Waals surface area contributed by atoms with E-state index in [1.165, 1.54) is 28.9 Å². The van der Waals surface area contributed by atoms with Gasteiger partial charge in [0.15, 0.2) is 0 Å². The van der Waals surface area contributed by atoms with Crippen LogP contribution in [0.3, 0.4) is 0 Å². The molecule has 3 fully saturated rings. The van der Waals surface area contributed by atoms with Gasteiger partial charge in [-0.05, 0) is 68.3 Å². The summed E-state index contributed by atoms with van der Waals surface area (Å²) < 4.78 is 32.7. The van der Waals surface area contributed by atoms with E-state index in [4.69, 9.17) is 14.7 Å². The highest BCUT2D eigenvalue weighted by molar-refractivity contribution is 7.92. The number of sulfonamides is 1. The molecule has 13 nitrogen and oxygen atoms in total. The van der Waals surface area contributed by atoms with Gasteiger partial charge in [0.05, 0.1) is 30.3 Å². The van der Waals surface area contributed by atoms with Crippen LogP contribution >= 0.6 is 0 Å². The molecule has 0 bridgehead atoms. The van der Waals surface area contributed by atoms with E-state index in [0.29, 0.717) is 52.1 Å². The van der Waals surface area contributed by atoms with E-state index in [9.17, 15) is 8.42 Å². The topological polar surface area (TPSA) is 132 Å². The average Bonchev–Trinajstić information content (AvgIpc) is 3.97. The number of piperidine rings is 1. The number of rotatable bonds is 11. The molecule has 7 rings (SSSR count). The fraction of sp³-hybridized carbons (Fsp3) is 0.514. The number of likely N-dealkylation sites (N-methyl/N-ethyl adjacent to an activating group) is 1. The van der Waals surface area contributed by atoms with Crippen LogP contribution in [0, 0.1) is 0 Å². The van der Waals surface area contributed by atoms with Gasteiger partial charge in [-0.2, -0.15) is 4.98 Å². The summed E-state index contributed by atoms with van der Waals surface area (Å²) in [6, 6.07) is 8.64. The molecular weight excluding hydrogens is 665 g/mol. The van der Waals surface area contributed by atoms with E-state index in [-0.39, 0.29) is 0 Å². The molecule has 4 heterocycles. The lowest BCUT2D eigenvalue weighted by molar-refractivity contribution is 0.0982. The number of fused-ring (bicyclic) bond motifs is 1. The Labute approximate surface area is 301 Å². The van der Waals surface area contributed by atoms with Crippen LogP contribution < -0.4 is 24.6 Å². The lowest BCUT2D eigenvalue weighted by Crippen LogP contribution is -2.52. The van der Waals surface area contributed by atoms with Crippen molar-refractivity contribution in [3.8, 4) is 5.75 Å². The molecule has 1 aliphatic carbocycles. The number of hydrogen-bond acceptors (Lipinski definition) is 12. The van der Waals surface area contributed by atoms with Crippen molar-refractivity contribution in [3.05, 3.63) is 54.0 Å². The zero-order valence-corrected chi connectivity index (χ0v) is 31.4. The fourth-order valence-corrected chi connectivity index (χ4v) is 7.86. The van der Waals surface area contributed by atoms with Crippen molar-refractivity contribution in [3.63, 3.8) is 0 Å². The Hall–Kier alpha value is -4.27. The standard InChI is InChI=1S/C37H50N10O3S/c1-24(2)27-21-31(33(50-5)22-32(27)47-15-11-26(12-16-47)46-19-17-44(3)18-20-46)42-37-40-23-28(25-7-8-25)36(43-37)41-30-10-9-29-34(39-14-13-38-29)35(30)45(4)51(6,48)49/h9-10,13-14,21-26H,7-8,11-12,15-20H2,1-6H3,(H2,40,41,42,43). The highest BCUT2D eigenvalue weighted by Crippen LogP contribution is 2.45. The van der Waals surface area contributed by atoms with Crippen LogP contribution in [0.1, 0.15) is 62.5 Å². The summed E-state index contributed by atoms with van der Waals surface area (Å²) in [5.41, 5.74) is 6.28. The van der Waals surface area contributed by atoms with E-state index in [1.54, 1.807) is 19.5 Å². The Kier molecular flexibility index (Phi) is 9.92. The number of hydrogen-bond donors (Lipinski definition) is 2. The quantitative estimate of drug-likeness (QED) is 0.203. The lowest BCUT2D eigenvalue weighted by atomic mass is 9.96. The van der Waals surface area contributed by atoms with Crippen molar-refractivity contribution < 1.29 is 13.2 Å². The molecule has 0 unspecified atom stereocenters. The minimum atomic E-state index is -3.61. The van der Waals surface area contributed by atoms with Crippen LogP contribution in [-0.2, 0) is 10.0 Å². The van der Waals surface area contributed by atoms with Gasteiger partial charge in [-0.3, -0.25) is 19.2 Å². The Morgan fingerprint density at radius 1 is 0.922 bits per heavy atom. The molecule has 0 atom stereocenters. The van der Waals surface area contributed by atoms with Gasteiger partial charge >= 0.3 is 0 Å². The smallest absolute Gasteiger partial charge is 0.232 e. The molecule has 2 saturated heterocycles. The van der Waals surface area contributed by atoms with Gasteiger partial charge in [0.2, 0.25) is 16.0 Å². The van der Waals surface area contributed by atoms with Crippen molar-refractivity contribution >= 4 is 55.6 Å². The molecule has 4 aromatic rings. The van der Waals surface area contributed by atoms with E-state index >= 15 is 0 Å². The first-order valence-electron chi connectivity index (χ1n) is 18.0. The average molecular weight is 715 g/mol. The first kappa shape index (κ1) is 35.1. The molecule has 272 valence electrons. The Balaban J connectivity index is 1.17. The van der Waals surface area contributed by atoms with Crippen molar-refractivity contribution in [1.29, 1.82) is 0 Å². The van der Waals surface area contributed by atoms with E-state index in [0.717, 1.165) is 82.0 Å². The molecule has 0 spiro atoms. The van der Waals surface area contributed by atoms with Gasteiger partial charge in [0.1, 0.15) is 22.8 Å². The largest absolute Gasteiger partial charge is 0.494 e. The third-order valence-electron chi connectivity index (χ3n) is 10.6. The monoisotopic (exact) mass is 714 g/mol. The van der Waals surface area contributed by atoms with Crippen molar-refractivity contribution in [2.45, 2.75) is 57.4 Å². The molecule has 2 aromatic heterocycles. The lowest BCUT2D eigenvalue weighted by Gasteiger charge is -2.43. The second-order valence-corrected chi connectivity index (χ2v) is 16.5. The van der Waals surface area contributed by atoms with Crippen molar-refractivity contribution in [1.82, 2.24) is 29.7 Å². The van der Waals surface area contributed by atoms with Crippen LogP contribution in [0.25, 0.3) is 11.0 Å². The second-order valence-electron chi connectivity index (χ2n) is 14.5. The van der Waals surface area contributed by atoms with Gasteiger partial charge in [0, 0.05) is 88.3 Å². The normalized spacial score (nSPS) is 18.0. The number of aromatic nitrogens is 4. The van der Waals surface area contributed by atoms with Crippen LogP contribution in [0.4, 0.5) is 34.5 Å². The molecule has 3 aliphatic rings. The van der Waals surface area contributed by atoms with Gasteiger partial charge < -0.3 is 25.2 Å². The molecule has 0 amide bonds. The third kappa shape index (κ3) is 7.54. The van der Waals surface area contributed by atoms with Crippen LogP contribution in [0.15, 0.2) is 42.9 Å². The Morgan fingerprint density at radius 2 is 1.65 bits per heavy atom. The number of nitrogens with one attached hydrogen (secondary N) is 2. The minimum absolute atomic E-state index is 0.290. The first-order chi connectivity index (χ1) is 24.5. The summed E-state index contributed by atoms with van der Waals surface area (Å²) in [5, 5.41) is 6.93. The van der Waals surface area contributed by atoms with Gasteiger partial charge in [-0.1, -0.05) is 13.8 Å². The predicted molar refractivity (Wildman–Crippen MR) is 205 cm³/mol. The van der Waals surface area contributed by atoms with Crippen LogP contribution in [0.5, 0.6) is 5.75 Å². The van der Waals surface area contributed by atoms with Crippen LogP contribution in [-0.4, -0.2) is 111 Å². The van der Waals surface area contributed by atoms with Crippen LogP contribution in [0.2, 0.25) is 0 Å². The number of nitrogens with zero attached hydrogens (tertiary/aromatic N) is 8.